The second kappa shape index (κ2) is 5.56. The molecular weight excluding hydrogens is 256 g/mol. The highest BCUT2D eigenvalue weighted by Crippen LogP contribution is 2.13. The van der Waals surface area contributed by atoms with Gasteiger partial charge in [-0.25, -0.2) is 0 Å². The number of nitrogens with zero attached hydrogens (tertiary/aromatic N) is 1. The molecule has 0 saturated heterocycles. The van der Waals surface area contributed by atoms with Crippen LogP contribution in [0.3, 0.4) is 0 Å². The maximum absolute atomic E-state index is 11.4. The molecule has 0 aromatic heterocycles. The lowest BCUT2D eigenvalue weighted by atomic mass is 10.3. The summed E-state index contributed by atoms with van der Waals surface area (Å²) in [6.45, 7) is 0. The number of benzene rings is 1. The first-order valence-electron chi connectivity index (χ1n) is 4.49. The highest BCUT2D eigenvalue weighted by atomic mass is 79.9. The summed E-state index contributed by atoms with van der Waals surface area (Å²) in [4.78, 5) is 13.2. The van der Waals surface area contributed by atoms with Crippen LogP contribution in [0.4, 0.5) is 5.69 Å². The predicted octanol–water partition coefficient (Wildman–Crippen LogP) is 2.46. The molecule has 0 aliphatic rings. The maximum Gasteiger partial charge on any atom is 0.249 e. The van der Waals surface area contributed by atoms with Gasteiger partial charge in [0, 0.05) is 36.5 Å². The quantitative estimate of drug-likeness (QED) is 0.855. The Morgan fingerprint density at radius 1 is 1.33 bits per heavy atom. The minimum absolute atomic E-state index is 0.133. The smallest absolute Gasteiger partial charge is 0.249 e. The van der Waals surface area contributed by atoms with Gasteiger partial charge in [0.25, 0.3) is 0 Å². The van der Waals surface area contributed by atoms with Gasteiger partial charge in [0.2, 0.25) is 5.91 Å². The molecule has 0 fully saturated rings. The van der Waals surface area contributed by atoms with Crippen molar-refractivity contribution in [3.63, 3.8) is 0 Å². The number of nitrogens with one attached hydrogen (secondary N) is 1. The maximum atomic E-state index is 11.4. The molecule has 0 radical (unpaired) electrons. The number of amides is 1. The van der Waals surface area contributed by atoms with Crippen LogP contribution in [-0.4, -0.2) is 24.9 Å². The van der Waals surface area contributed by atoms with E-state index in [1.165, 1.54) is 6.08 Å². The fourth-order valence-electron chi connectivity index (χ4n) is 0.934. The van der Waals surface area contributed by atoms with E-state index in [-0.39, 0.29) is 5.91 Å². The minimum atomic E-state index is -0.133. The van der Waals surface area contributed by atoms with E-state index in [0.29, 0.717) is 0 Å². The summed E-state index contributed by atoms with van der Waals surface area (Å²) < 4.78 is 0.990. The zero-order valence-electron chi connectivity index (χ0n) is 8.70. The largest absolute Gasteiger partial charge is 0.383 e. The average Bonchev–Trinajstić information content (AvgIpc) is 2.19. The van der Waals surface area contributed by atoms with Gasteiger partial charge in [-0.15, -0.1) is 0 Å². The number of halogens is 1. The number of carbonyl (C=O) groups is 1. The van der Waals surface area contributed by atoms with Gasteiger partial charge in [-0.1, -0.05) is 15.9 Å². The van der Waals surface area contributed by atoms with E-state index in [1.807, 2.05) is 38.4 Å². The molecule has 0 aliphatic heterocycles. The van der Waals surface area contributed by atoms with Crippen molar-refractivity contribution in [2.45, 2.75) is 0 Å². The van der Waals surface area contributed by atoms with Gasteiger partial charge in [0.05, 0.1) is 0 Å². The summed E-state index contributed by atoms with van der Waals surface area (Å²) in [5.41, 5.74) is 0.784. The molecule has 0 heterocycles. The Morgan fingerprint density at radius 2 is 1.93 bits per heavy atom. The van der Waals surface area contributed by atoms with Gasteiger partial charge in [0.1, 0.15) is 0 Å². The minimum Gasteiger partial charge on any atom is -0.383 e. The van der Waals surface area contributed by atoms with E-state index in [4.69, 9.17) is 0 Å². The van der Waals surface area contributed by atoms with Gasteiger partial charge < -0.3 is 10.2 Å². The monoisotopic (exact) mass is 268 g/mol. The van der Waals surface area contributed by atoms with Crippen molar-refractivity contribution in [1.29, 1.82) is 0 Å². The molecule has 0 bridgehead atoms. The number of carbonyl (C=O) groups excluding carboxylic acids is 1. The normalized spacial score (nSPS) is 10.3. The van der Waals surface area contributed by atoms with Crippen molar-refractivity contribution in [2.24, 2.45) is 0 Å². The van der Waals surface area contributed by atoms with E-state index in [9.17, 15) is 4.79 Å². The van der Waals surface area contributed by atoms with E-state index in [2.05, 4.69) is 21.2 Å². The van der Waals surface area contributed by atoms with Crippen molar-refractivity contribution < 1.29 is 4.79 Å². The molecule has 4 heteroatoms. The zero-order chi connectivity index (χ0) is 11.3. The van der Waals surface area contributed by atoms with Crippen LogP contribution >= 0.6 is 15.9 Å². The Labute approximate surface area is 97.9 Å². The second-order valence-corrected chi connectivity index (χ2v) is 4.19. The van der Waals surface area contributed by atoms with Gasteiger partial charge in [-0.3, -0.25) is 4.79 Å². The van der Waals surface area contributed by atoms with E-state index >= 15 is 0 Å². The van der Waals surface area contributed by atoms with Crippen LogP contribution < -0.4 is 5.32 Å². The van der Waals surface area contributed by atoms with Gasteiger partial charge in [0.15, 0.2) is 0 Å². The summed E-state index contributed by atoms with van der Waals surface area (Å²) in [7, 11) is 3.73. The zero-order valence-corrected chi connectivity index (χ0v) is 10.3. The molecule has 80 valence electrons. The molecule has 0 saturated carbocycles. The van der Waals surface area contributed by atoms with Crippen molar-refractivity contribution in [3.8, 4) is 0 Å². The summed E-state index contributed by atoms with van der Waals surface area (Å²) in [6.07, 6.45) is 3.19. The fourth-order valence-corrected chi connectivity index (χ4v) is 1.20. The molecular formula is C11H13BrN2O. The van der Waals surface area contributed by atoms with Gasteiger partial charge in [-0.05, 0) is 24.3 Å². The number of anilines is 1. The van der Waals surface area contributed by atoms with Crippen LogP contribution in [0.25, 0.3) is 0 Å². The van der Waals surface area contributed by atoms with E-state index in [0.717, 1.165) is 10.2 Å². The Bertz CT molecular complexity index is 357. The molecule has 0 unspecified atom stereocenters. The molecule has 0 atom stereocenters. The first kappa shape index (κ1) is 11.8. The molecule has 1 aromatic rings. The van der Waals surface area contributed by atoms with Crippen LogP contribution in [0.15, 0.2) is 41.0 Å². The van der Waals surface area contributed by atoms with Gasteiger partial charge >= 0.3 is 0 Å². The highest BCUT2D eigenvalue weighted by molar-refractivity contribution is 9.10. The fraction of sp³-hybridized carbons (Fsp3) is 0.182. The van der Waals surface area contributed by atoms with Crippen molar-refractivity contribution >= 4 is 27.5 Å². The van der Waals surface area contributed by atoms with Crippen LogP contribution in [-0.2, 0) is 4.79 Å². The standard InChI is InChI=1S/C11H13BrN2O/c1-14(2)8-7-11(15)13-10-5-3-9(12)4-6-10/h3-8H,1-2H3,(H,13,15). The topological polar surface area (TPSA) is 32.3 Å². The lowest BCUT2D eigenvalue weighted by Crippen LogP contribution is -2.10. The molecule has 1 aromatic carbocycles. The third kappa shape index (κ3) is 4.65. The molecule has 0 aliphatic carbocycles. The molecule has 1 amide bonds. The van der Waals surface area contributed by atoms with Crippen molar-refractivity contribution in [2.75, 3.05) is 19.4 Å². The average molecular weight is 269 g/mol. The lowest BCUT2D eigenvalue weighted by Gasteiger charge is -2.04. The van der Waals surface area contributed by atoms with E-state index < -0.39 is 0 Å². The molecule has 3 nitrogen and oxygen atoms in total. The first-order chi connectivity index (χ1) is 7.08. The Kier molecular flexibility index (Phi) is 4.37. The SMILES string of the molecule is CN(C)C=CC(=O)Nc1ccc(Br)cc1. The summed E-state index contributed by atoms with van der Waals surface area (Å²) in [6, 6.07) is 7.44. The number of hydrogen-bond donors (Lipinski definition) is 1. The predicted molar refractivity (Wildman–Crippen MR) is 65.6 cm³/mol. The Morgan fingerprint density at radius 3 is 2.47 bits per heavy atom. The number of rotatable bonds is 3. The second-order valence-electron chi connectivity index (χ2n) is 3.28. The Hall–Kier alpha value is -1.29. The third-order valence-corrected chi connectivity index (χ3v) is 2.16. The van der Waals surface area contributed by atoms with E-state index in [1.54, 1.807) is 11.1 Å². The number of hydrogen-bond acceptors (Lipinski definition) is 2. The van der Waals surface area contributed by atoms with Gasteiger partial charge in [-0.2, -0.15) is 0 Å². The molecule has 1 rings (SSSR count). The van der Waals surface area contributed by atoms with Crippen molar-refractivity contribution in [1.82, 2.24) is 4.90 Å². The highest BCUT2D eigenvalue weighted by Gasteiger charge is 1.96. The Balaban J connectivity index is 2.55. The molecule has 0 spiro atoms. The molecule has 1 N–H and O–H groups in total. The van der Waals surface area contributed by atoms with Crippen LogP contribution in [0.1, 0.15) is 0 Å². The third-order valence-electron chi connectivity index (χ3n) is 1.64. The summed E-state index contributed by atoms with van der Waals surface area (Å²) in [5.74, 6) is -0.133. The summed E-state index contributed by atoms with van der Waals surface area (Å²) in [5, 5.41) is 2.75. The summed E-state index contributed by atoms with van der Waals surface area (Å²) >= 11 is 3.33. The van der Waals surface area contributed by atoms with Crippen LogP contribution in [0.2, 0.25) is 0 Å². The first-order valence-corrected chi connectivity index (χ1v) is 5.28. The van der Waals surface area contributed by atoms with Crippen LogP contribution in [0.5, 0.6) is 0 Å². The van der Waals surface area contributed by atoms with Crippen LogP contribution in [0, 0.1) is 0 Å². The van der Waals surface area contributed by atoms with Crippen molar-refractivity contribution in [3.05, 3.63) is 41.0 Å². The molecule has 15 heavy (non-hydrogen) atoms. The lowest BCUT2D eigenvalue weighted by molar-refractivity contribution is -0.112.